The smallest absolute Gasteiger partial charge is 0.260 e. The number of hydrogen-bond donors (Lipinski definition) is 3. The Hall–Kier alpha value is -0.960. The lowest BCUT2D eigenvalue weighted by Crippen LogP contribution is -2.30. The fourth-order valence-electron chi connectivity index (χ4n) is 1.72. The maximum Gasteiger partial charge on any atom is 0.260 e. The van der Waals surface area contributed by atoms with E-state index in [-0.39, 0.29) is 18.1 Å². The SMILES string of the molecule is CCc1ncc(S(=O)(=O)N2CC(O)C(O)C2)[nH]1. The van der Waals surface area contributed by atoms with Crippen LogP contribution in [0.4, 0.5) is 0 Å². The van der Waals surface area contributed by atoms with E-state index in [0.29, 0.717) is 12.2 Å². The highest BCUT2D eigenvalue weighted by Crippen LogP contribution is 2.20. The van der Waals surface area contributed by atoms with Crippen LogP contribution in [0.1, 0.15) is 12.7 Å². The Morgan fingerprint density at radius 3 is 2.53 bits per heavy atom. The molecule has 1 aliphatic heterocycles. The summed E-state index contributed by atoms with van der Waals surface area (Å²) in [6, 6.07) is 0. The van der Waals surface area contributed by atoms with Crippen LogP contribution >= 0.6 is 0 Å². The molecule has 0 amide bonds. The average Bonchev–Trinajstić information content (AvgIpc) is 2.87. The lowest BCUT2D eigenvalue weighted by atomic mass is 10.3. The van der Waals surface area contributed by atoms with Crippen molar-refractivity contribution in [2.24, 2.45) is 0 Å². The molecule has 1 saturated heterocycles. The minimum atomic E-state index is -3.70. The number of hydrogen-bond acceptors (Lipinski definition) is 5. The molecule has 7 nitrogen and oxygen atoms in total. The van der Waals surface area contributed by atoms with Gasteiger partial charge in [0.05, 0.1) is 18.4 Å². The maximum atomic E-state index is 12.1. The number of aromatic amines is 1. The van der Waals surface area contributed by atoms with Gasteiger partial charge in [-0.15, -0.1) is 0 Å². The molecule has 0 aromatic carbocycles. The molecule has 8 heteroatoms. The van der Waals surface area contributed by atoms with Crippen LogP contribution in [0.3, 0.4) is 0 Å². The number of imidazole rings is 1. The molecule has 0 bridgehead atoms. The highest BCUT2D eigenvalue weighted by molar-refractivity contribution is 7.89. The molecule has 0 radical (unpaired) electrons. The van der Waals surface area contributed by atoms with E-state index in [1.807, 2.05) is 6.92 Å². The number of aryl methyl sites for hydroxylation is 1. The Balaban J connectivity index is 2.25. The van der Waals surface area contributed by atoms with Gasteiger partial charge in [-0.3, -0.25) is 0 Å². The highest BCUT2D eigenvalue weighted by atomic mass is 32.2. The van der Waals surface area contributed by atoms with Gasteiger partial charge < -0.3 is 15.2 Å². The molecule has 1 fully saturated rings. The van der Waals surface area contributed by atoms with Gasteiger partial charge in [0.1, 0.15) is 5.82 Å². The van der Waals surface area contributed by atoms with Crippen molar-refractivity contribution in [3.05, 3.63) is 12.0 Å². The lowest BCUT2D eigenvalue weighted by molar-refractivity contribution is 0.0572. The molecular formula is C9H15N3O4S. The molecule has 0 aliphatic carbocycles. The van der Waals surface area contributed by atoms with Crippen molar-refractivity contribution in [2.75, 3.05) is 13.1 Å². The molecule has 0 saturated carbocycles. The van der Waals surface area contributed by atoms with E-state index in [9.17, 15) is 18.6 Å². The molecule has 1 aromatic heterocycles. The van der Waals surface area contributed by atoms with Crippen LogP contribution in [0, 0.1) is 0 Å². The van der Waals surface area contributed by atoms with Gasteiger partial charge in [-0.2, -0.15) is 4.31 Å². The van der Waals surface area contributed by atoms with Crippen LogP contribution in [0.15, 0.2) is 11.2 Å². The Morgan fingerprint density at radius 1 is 1.47 bits per heavy atom. The standard InChI is InChI=1S/C9H15N3O4S/c1-2-8-10-3-9(11-8)17(15,16)12-4-6(13)7(14)5-12/h3,6-7,13-14H,2,4-5H2,1H3,(H,10,11). The van der Waals surface area contributed by atoms with Gasteiger partial charge in [-0.25, -0.2) is 13.4 Å². The van der Waals surface area contributed by atoms with Gasteiger partial charge >= 0.3 is 0 Å². The van der Waals surface area contributed by atoms with E-state index in [1.54, 1.807) is 0 Å². The normalized spacial score (nSPS) is 26.5. The van der Waals surface area contributed by atoms with Crippen LogP contribution in [0.5, 0.6) is 0 Å². The Bertz CT molecular complexity index is 488. The molecule has 2 heterocycles. The largest absolute Gasteiger partial charge is 0.389 e. The third kappa shape index (κ3) is 2.21. The molecule has 2 rings (SSSR count). The molecule has 0 spiro atoms. The second kappa shape index (κ2) is 4.37. The molecule has 1 aliphatic rings. The van der Waals surface area contributed by atoms with Gasteiger partial charge in [0, 0.05) is 19.5 Å². The van der Waals surface area contributed by atoms with Crippen molar-refractivity contribution in [1.82, 2.24) is 14.3 Å². The monoisotopic (exact) mass is 261 g/mol. The van der Waals surface area contributed by atoms with E-state index in [2.05, 4.69) is 9.97 Å². The fraction of sp³-hybridized carbons (Fsp3) is 0.667. The summed E-state index contributed by atoms with van der Waals surface area (Å²) >= 11 is 0. The number of rotatable bonds is 3. The van der Waals surface area contributed by atoms with Crippen molar-refractivity contribution < 1.29 is 18.6 Å². The quantitative estimate of drug-likeness (QED) is 0.627. The predicted molar refractivity (Wildman–Crippen MR) is 58.7 cm³/mol. The summed E-state index contributed by atoms with van der Waals surface area (Å²) in [7, 11) is -3.70. The zero-order valence-electron chi connectivity index (χ0n) is 9.37. The zero-order chi connectivity index (χ0) is 12.6. The number of nitrogens with one attached hydrogen (secondary N) is 1. The van der Waals surface area contributed by atoms with Crippen LogP contribution in [0.2, 0.25) is 0 Å². The van der Waals surface area contributed by atoms with Gasteiger partial charge in [-0.05, 0) is 0 Å². The molecule has 17 heavy (non-hydrogen) atoms. The number of aliphatic hydroxyl groups is 2. The van der Waals surface area contributed by atoms with E-state index in [1.165, 1.54) is 6.20 Å². The minimum Gasteiger partial charge on any atom is -0.389 e. The zero-order valence-corrected chi connectivity index (χ0v) is 10.2. The van der Waals surface area contributed by atoms with E-state index in [4.69, 9.17) is 0 Å². The number of nitrogens with zero attached hydrogens (tertiary/aromatic N) is 2. The van der Waals surface area contributed by atoms with Gasteiger partial charge in [0.15, 0.2) is 5.03 Å². The van der Waals surface area contributed by atoms with Crippen molar-refractivity contribution in [1.29, 1.82) is 0 Å². The predicted octanol–water partition coefficient (Wildman–Crippen LogP) is -1.30. The van der Waals surface area contributed by atoms with E-state index < -0.39 is 22.2 Å². The topological polar surface area (TPSA) is 107 Å². The first-order chi connectivity index (χ1) is 7.95. The van der Waals surface area contributed by atoms with Crippen LogP contribution in [-0.2, 0) is 16.4 Å². The van der Waals surface area contributed by atoms with Crippen LogP contribution in [-0.4, -0.2) is 58.2 Å². The summed E-state index contributed by atoms with van der Waals surface area (Å²) in [5, 5.41) is 18.7. The number of aliphatic hydroxyl groups excluding tert-OH is 2. The molecule has 2 unspecified atom stereocenters. The first-order valence-electron chi connectivity index (χ1n) is 5.35. The summed E-state index contributed by atoms with van der Waals surface area (Å²) in [5.74, 6) is 0.587. The third-order valence-electron chi connectivity index (χ3n) is 2.78. The Kier molecular flexibility index (Phi) is 3.21. The fourth-order valence-corrected chi connectivity index (χ4v) is 3.13. The molecule has 96 valence electrons. The van der Waals surface area contributed by atoms with Crippen molar-refractivity contribution in [3.63, 3.8) is 0 Å². The summed E-state index contributed by atoms with van der Waals surface area (Å²) < 4.78 is 25.2. The van der Waals surface area contributed by atoms with Crippen molar-refractivity contribution in [2.45, 2.75) is 30.6 Å². The van der Waals surface area contributed by atoms with E-state index >= 15 is 0 Å². The second-order valence-corrected chi connectivity index (χ2v) is 5.91. The molecule has 3 N–H and O–H groups in total. The summed E-state index contributed by atoms with van der Waals surface area (Å²) in [6.07, 6.45) is -0.192. The summed E-state index contributed by atoms with van der Waals surface area (Å²) in [6.45, 7) is 1.67. The average molecular weight is 261 g/mol. The molecule has 2 atom stereocenters. The number of aromatic nitrogens is 2. The molecule has 1 aromatic rings. The first kappa shape index (κ1) is 12.5. The number of sulfonamides is 1. The second-order valence-electron chi connectivity index (χ2n) is 4.00. The van der Waals surface area contributed by atoms with Gasteiger partial charge in [-0.1, -0.05) is 6.92 Å². The lowest BCUT2D eigenvalue weighted by Gasteiger charge is -2.13. The van der Waals surface area contributed by atoms with Crippen LogP contribution in [0.25, 0.3) is 0 Å². The van der Waals surface area contributed by atoms with Crippen LogP contribution < -0.4 is 0 Å². The number of β-amino-alcohol motifs (C(OH)–C–C–N with tert-alkyl or cyclic N) is 2. The van der Waals surface area contributed by atoms with E-state index in [0.717, 1.165) is 4.31 Å². The van der Waals surface area contributed by atoms with Crippen molar-refractivity contribution in [3.8, 4) is 0 Å². The Morgan fingerprint density at radius 2 is 2.06 bits per heavy atom. The highest BCUT2D eigenvalue weighted by Gasteiger charge is 2.38. The molecular weight excluding hydrogens is 246 g/mol. The Labute approximate surface area is 99.2 Å². The summed E-state index contributed by atoms with van der Waals surface area (Å²) in [4.78, 5) is 6.63. The third-order valence-corrected chi connectivity index (χ3v) is 4.52. The number of H-pyrrole nitrogens is 1. The van der Waals surface area contributed by atoms with Crippen molar-refractivity contribution >= 4 is 10.0 Å². The summed E-state index contributed by atoms with van der Waals surface area (Å²) in [5.41, 5.74) is 0. The minimum absolute atomic E-state index is 0.00403. The maximum absolute atomic E-state index is 12.1. The first-order valence-corrected chi connectivity index (χ1v) is 6.79. The van der Waals surface area contributed by atoms with Gasteiger partial charge in [0.2, 0.25) is 0 Å². The van der Waals surface area contributed by atoms with Gasteiger partial charge in [0.25, 0.3) is 10.0 Å².